The number of rotatable bonds is 6. The van der Waals surface area contributed by atoms with Crippen LogP contribution in [0.1, 0.15) is 19.3 Å². The number of methoxy groups -OCH3 is 1. The van der Waals surface area contributed by atoms with Crippen molar-refractivity contribution in [1.82, 2.24) is 5.32 Å². The molecule has 2 rings (SSSR count). The maximum atomic E-state index is 11.8. The van der Waals surface area contributed by atoms with Gasteiger partial charge in [-0.25, -0.2) is 0 Å². The smallest absolute Gasteiger partial charge is 0.226 e. The molecule has 0 unspecified atom stereocenters. The lowest BCUT2D eigenvalue weighted by Crippen LogP contribution is -2.33. The van der Waals surface area contributed by atoms with E-state index in [1.54, 1.807) is 25.3 Å². The molecule has 1 amide bonds. The molecule has 1 aliphatic rings. The lowest BCUT2D eigenvalue weighted by molar-refractivity contribution is -0.117. The molecule has 6 heteroatoms. The van der Waals surface area contributed by atoms with E-state index in [9.17, 15) is 4.79 Å². The van der Waals surface area contributed by atoms with Gasteiger partial charge in [0.25, 0.3) is 0 Å². The third kappa shape index (κ3) is 5.19. The summed E-state index contributed by atoms with van der Waals surface area (Å²) in [6.45, 7) is 2.42. The Bertz CT molecular complexity index is 476. The van der Waals surface area contributed by atoms with E-state index in [1.165, 1.54) is 0 Å². The number of nitrogens with one attached hydrogen (secondary N) is 2. The summed E-state index contributed by atoms with van der Waals surface area (Å²) in [5.41, 5.74) is 0.660. The van der Waals surface area contributed by atoms with Gasteiger partial charge in [-0.1, -0.05) is 11.6 Å². The minimum absolute atomic E-state index is 0.0785. The van der Waals surface area contributed by atoms with Crippen molar-refractivity contribution in [3.05, 3.63) is 23.2 Å². The second-order valence-electron chi connectivity index (χ2n) is 4.97. The van der Waals surface area contributed by atoms with E-state index in [0.717, 1.165) is 25.9 Å². The van der Waals surface area contributed by atoms with Crippen LogP contribution in [0, 0.1) is 0 Å². The molecule has 2 N–H and O–H groups in total. The Kier molecular flexibility index (Phi) is 6.29. The zero-order valence-corrected chi connectivity index (χ0v) is 12.9. The number of anilines is 1. The molecular weight excluding hydrogens is 292 g/mol. The van der Waals surface area contributed by atoms with E-state index in [4.69, 9.17) is 21.1 Å². The number of amides is 1. The molecule has 116 valence electrons. The number of hydrogen-bond donors (Lipinski definition) is 2. The molecule has 0 bridgehead atoms. The first kappa shape index (κ1) is 16.1. The number of benzene rings is 1. The summed E-state index contributed by atoms with van der Waals surface area (Å²) in [6.07, 6.45) is 2.63. The van der Waals surface area contributed by atoms with E-state index in [-0.39, 0.29) is 12.0 Å². The zero-order chi connectivity index (χ0) is 15.1. The molecule has 1 aromatic rings. The molecule has 0 spiro atoms. The van der Waals surface area contributed by atoms with Crippen molar-refractivity contribution in [3.8, 4) is 5.75 Å². The molecule has 1 saturated heterocycles. The van der Waals surface area contributed by atoms with Crippen molar-refractivity contribution in [2.75, 3.05) is 32.1 Å². The summed E-state index contributed by atoms with van der Waals surface area (Å²) < 4.78 is 10.8. The van der Waals surface area contributed by atoms with E-state index in [1.807, 2.05) is 0 Å². The average molecular weight is 313 g/mol. The van der Waals surface area contributed by atoms with E-state index >= 15 is 0 Å². The first-order valence-electron chi connectivity index (χ1n) is 7.15. The highest BCUT2D eigenvalue weighted by atomic mass is 35.5. The molecule has 0 atom stereocenters. The standard InChI is InChI=1S/C15H21ClN2O3/c1-20-14-3-2-11(10-13(14)16)18-15(19)6-9-21-12-4-7-17-8-5-12/h2-3,10,12,17H,4-9H2,1H3,(H,18,19). The number of halogens is 1. The predicted molar refractivity (Wildman–Crippen MR) is 83.1 cm³/mol. The van der Waals surface area contributed by atoms with Gasteiger partial charge in [-0.3, -0.25) is 4.79 Å². The van der Waals surface area contributed by atoms with Gasteiger partial charge in [-0.05, 0) is 44.1 Å². The van der Waals surface area contributed by atoms with Crippen molar-refractivity contribution in [1.29, 1.82) is 0 Å². The Morgan fingerprint density at radius 1 is 1.43 bits per heavy atom. The number of piperidine rings is 1. The molecule has 0 saturated carbocycles. The van der Waals surface area contributed by atoms with Gasteiger partial charge in [0.1, 0.15) is 5.75 Å². The Morgan fingerprint density at radius 2 is 2.19 bits per heavy atom. The first-order chi connectivity index (χ1) is 10.2. The summed E-state index contributed by atoms with van der Waals surface area (Å²) in [7, 11) is 1.55. The van der Waals surface area contributed by atoms with Crippen LogP contribution in [-0.2, 0) is 9.53 Å². The normalized spacial score (nSPS) is 15.7. The SMILES string of the molecule is COc1ccc(NC(=O)CCOC2CCNCC2)cc1Cl. The van der Waals surface area contributed by atoms with Crippen molar-refractivity contribution < 1.29 is 14.3 Å². The zero-order valence-electron chi connectivity index (χ0n) is 12.2. The van der Waals surface area contributed by atoms with Crippen LogP contribution in [0.5, 0.6) is 5.75 Å². The summed E-state index contributed by atoms with van der Waals surface area (Å²) in [4.78, 5) is 11.8. The molecule has 0 radical (unpaired) electrons. The van der Waals surface area contributed by atoms with Crippen LogP contribution in [0.25, 0.3) is 0 Å². The highest BCUT2D eigenvalue weighted by Crippen LogP contribution is 2.27. The fourth-order valence-electron chi connectivity index (χ4n) is 2.25. The predicted octanol–water partition coefficient (Wildman–Crippen LogP) is 2.45. The van der Waals surface area contributed by atoms with Crippen molar-refractivity contribution in [2.24, 2.45) is 0 Å². The van der Waals surface area contributed by atoms with Gasteiger partial charge in [0.2, 0.25) is 5.91 Å². The van der Waals surface area contributed by atoms with Gasteiger partial charge in [-0.15, -0.1) is 0 Å². The maximum Gasteiger partial charge on any atom is 0.226 e. The minimum atomic E-state index is -0.0785. The Balaban J connectivity index is 1.72. The summed E-state index contributed by atoms with van der Waals surface area (Å²) in [5, 5.41) is 6.55. The molecule has 0 aliphatic carbocycles. The van der Waals surface area contributed by atoms with Gasteiger partial charge >= 0.3 is 0 Å². The largest absolute Gasteiger partial charge is 0.495 e. The average Bonchev–Trinajstić information content (AvgIpc) is 2.48. The van der Waals surface area contributed by atoms with Crippen molar-refractivity contribution in [2.45, 2.75) is 25.4 Å². The van der Waals surface area contributed by atoms with Gasteiger partial charge in [0.05, 0.1) is 31.3 Å². The Labute approximate surface area is 130 Å². The van der Waals surface area contributed by atoms with Crippen molar-refractivity contribution >= 4 is 23.2 Å². The molecular formula is C15H21ClN2O3. The highest BCUT2D eigenvalue weighted by Gasteiger charge is 2.13. The second-order valence-corrected chi connectivity index (χ2v) is 5.37. The van der Waals surface area contributed by atoms with E-state index < -0.39 is 0 Å². The monoisotopic (exact) mass is 312 g/mol. The number of hydrogen-bond acceptors (Lipinski definition) is 4. The lowest BCUT2D eigenvalue weighted by Gasteiger charge is -2.22. The third-order valence-electron chi connectivity index (χ3n) is 3.40. The van der Waals surface area contributed by atoms with Crippen molar-refractivity contribution in [3.63, 3.8) is 0 Å². The highest BCUT2D eigenvalue weighted by molar-refractivity contribution is 6.32. The fourth-order valence-corrected chi connectivity index (χ4v) is 2.51. The number of carbonyl (C=O) groups is 1. The molecule has 1 fully saturated rings. The van der Waals surface area contributed by atoms with Crippen LogP contribution in [-0.4, -0.2) is 38.8 Å². The molecule has 1 heterocycles. The second kappa shape index (κ2) is 8.22. The van der Waals surface area contributed by atoms with E-state index in [0.29, 0.717) is 29.5 Å². The van der Waals surface area contributed by atoms with Crippen LogP contribution in [0.3, 0.4) is 0 Å². The van der Waals surface area contributed by atoms with Crippen LogP contribution in [0.15, 0.2) is 18.2 Å². The molecule has 0 aromatic heterocycles. The summed E-state index contributed by atoms with van der Waals surface area (Å²) >= 11 is 6.01. The third-order valence-corrected chi connectivity index (χ3v) is 3.70. The van der Waals surface area contributed by atoms with Crippen LogP contribution in [0.4, 0.5) is 5.69 Å². The van der Waals surface area contributed by atoms with Gasteiger partial charge in [-0.2, -0.15) is 0 Å². The van der Waals surface area contributed by atoms with Gasteiger partial charge in [0.15, 0.2) is 0 Å². The number of ether oxygens (including phenoxy) is 2. The molecule has 1 aromatic carbocycles. The van der Waals surface area contributed by atoms with Gasteiger partial charge in [0, 0.05) is 5.69 Å². The minimum Gasteiger partial charge on any atom is -0.495 e. The Hall–Kier alpha value is -1.30. The molecule has 5 nitrogen and oxygen atoms in total. The summed E-state index contributed by atoms with van der Waals surface area (Å²) in [6, 6.07) is 5.16. The first-order valence-corrected chi connectivity index (χ1v) is 7.52. The maximum absolute atomic E-state index is 11.8. The molecule has 21 heavy (non-hydrogen) atoms. The van der Waals surface area contributed by atoms with Crippen LogP contribution < -0.4 is 15.4 Å². The quantitative estimate of drug-likeness (QED) is 0.847. The fraction of sp³-hybridized carbons (Fsp3) is 0.533. The lowest BCUT2D eigenvalue weighted by atomic mass is 10.1. The summed E-state index contributed by atoms with van der Waals surface area (Å²) in [5.74, 6) is 0.508. The number of carbonyl (C=O) groups excluding carboxylic acids is 1. The topological polar surface area (TPSA) is 59.6 Å². The van der Waals surface area contributed by atoms with Gasteiger partial charge < -0.3 is 20.1 Å². The Morgan fingerprint density at radius 3 is 2.86 bits per heavy atom. The molecule has 1 aliphatic heterocycles. The van der Waals surface area contributed by atoms with Crippen LogP contribution >= 0.6 is 11.6 Å². The van der Waals surface area contributed by atoms with E-state index in [2.05, 4.69) is 10.6 Å². The van der Waals surface area contributed by atoms with Crippen LogP contribution in [0.2, 0.25) is 5.02 Å².